The van der Waals surface area contributed by atoms with Crippen molar-refractivity contribution in [3.63, 3.8) is 0 Å². The van der Waals surface area contributed by atoms with Gasteiger partial charge in [-0.15, -0.1) is 10.2 Å². The average molecular weight is 249 g/mol. The van der Waals surface area contributed by atoms with Crippen LogP contribution < -0.4 is 16.8 Å². The van der Waals surface area contributed by atoms with Crippen molar-refractivity contribution in [2.45, 2.75) is 31.7 Å². The summed E-state index contributed by atoms with van der Waals surface area (Å²) in [5.41, 5.74) is 11.1. The lowest BCUT2D eigenvalue weighted by atomic mass is 9.84. The van der Waals surface area contributed by atoms with Crippen molar-refractivity contribution in [3.8, 4) is 0 Å². The number of anilines is 1. The number of primary amides is 1. The monoisotopic (exact) mass is 249 g/mol. The molecule has 98 valence electrons. The van der Waals surface area contributed by atoms with Crippen LogP contribution in [0.2, 0.25) is 0 Å². The molecule has 1 aromatic rings. The SMILES string of the molecule is NCC1CCCCC1Nc1ccc(C(N)=O)nn1. The topological polar surface area (TPSA) is 107 Å². The predicted octanol–water partition coefficient (Wildman–Crippen LogP) is 0.505. The molecule has 6 nitrogen and oxygen atoms in total. The fourth-order valence-corrected chi connectivity index (χ4v) is 2.41. The van der Waals surface area contributed by atoms with E-state index in [1.54, 1.807) is 12.1 Å². The van der Waals surface area contributed by atoms with Crippen LogP contribution in [0.5, 0.6) is 0 Å². The van der Waals surface area contributed by atoms with E-state index in [0.717, 1.165) is 12.8 Å². The minimum atomic E-state index is -0.563. The lowest BCUT2D eigenvalue weighted by molar-refractivity contribution is 0.0994. The molecule has 6 heteroatoms. The van der Waals surface area contributed by atoms with E-state index < -0.39 is 5.91 Å². The summed E-state index contributed by atoms with van der Waals surface area (Å²) in [4.78, 5) is 10.9. The van der Waals surface area contributed by atoms with Crippen LogP contribution in [0.4, 0.5) is 5.82 Å². The molecule has 2 unspecified atom stereocenters. The van der Waals surface area contributed by atoms with Gasteiger partial charge in [0.1, 0.15) is 5.82 Å². The van der Waals surface area contributed by atoms with Crippen molar-refractivity contribution in [1.82, 2.24) is 10.2 Å². The highest BCUT2D eigenvalue weighted by molar-refractivity contribution is 5.90. The minimum absolute atomic E-state index is 0.180. The Morgan fingerprint density at radius 2 is 2.11 bits per heavy atom. The van der Waals surface area contributed by atoms with E-state index in [1.807, 2.05) is 0 Å². The Bertz CT molecular complexity index is 405. The number of aromatic nitrogens is 2. The molecule has 2 atom stereocenters. The van der Waals surface area contributed by atoms with Crippen molar-refractivity contribution >= 4 is 11.7 Å². The molecule has 18 heavy (non-hydrogen) atoms. The molecular formula is C12H19N5O. The first-order valence-corrected chi connectivity index (χ1v) is 6.31. The summed E-state index contributed by atoms with van der Waals surface area (Å²) in [6.45, 7) is 0.685. The number of nitrogens with one attached hydrogen (secondary N) is 1. The maximum absolute atomic E-state index is 10.9. The minimum Gasteiger partial charge on any atom is -0.366 e. The highest BCUT2D eigenvalue weighted by Gasteiger charge is 2.24. The van der Waals surface area contributed by atoms with Gasteiger partial charge in [-0.1, -0.05) is 12.8 Å². The van der Waals surface area contributed by atoms with E-state index in [2.05, 4.69) is 15.5 Å². The number of amides is 1. The molecule has 2 rings (SSSR count). The Labute approximate surface area is 106 Å². The van der Waals surface area contributed by atoms with E-state index in [1.165, 1.54) is 12.8 Å². The van der Waals surface area contributed by atoms with Crippen LogP contribution in [0.25, 0.3) is 0 Å². The molecule has 0 bridgehead atoms. The standard InChI is InChI=1S/C12H19N5O/c13-7-8-3-1-2-4-9(8)15-11-6-5-10(12(14)18)16-17-11/h5-6,8-9H,1-4,7,13H2,(H2,14,18)(H,15,17). The molecule has 5 N–H and O–H groups in total. The van der Waals surface area contributed by atoms with Gasteiger partial charge in [-0.2, -0.15) is 0 Å². The zero-order valence-electron chi connectivity index (χ0n) is 10.3. The molecule has 1 fully saturated rings. The number of carbonyl (C=O) groups is 1. The predicted molar refractivity (Wildman–Crippen MR) is 69.0 cm³/mol. The van der Waals surface area contributed by atoms with Gasteiger partial charge >= 0.3 is 0 Å². The van der Waals surface area contributed by atoms with E-state index in [4.69, 9.17) is 11.5 Å². The quantitative estimate of drug-likeness (QED) is 0.720. The molecule has 1 aliphatic rings. The highest BCUT2D eigenvalue weighted by Crippen LogP contribution is 2.25. The van der Waals surface area contributed by atoms with Gasteiger partial charge in [0, 0.05) is 6.04 Å². The number of nitrogens with zero attached hydrogens (tertiary/aromatic N) is 2. The Hall–Kier alpha value is -1.69. The summed E-state index contributed by atoms with van der Waals surface area (Å²) in [6.07, 6.45) is 4.70. The fraction of sp³-hybridized carbons (Fsp3) is 0.583. The van der Waals surface area contributed by atoms with Crippen LogP contribution in [0.1, 0.15) is 36.2 Å². The van der Waals surface area contributed by atoms with Crippen LogP contribution in [-0.4, -0.2) is 28.7 Å². The van der Waals surface area contributed by atoms with Crippen LogP contribution in [0, 0.1) is 5.92 Å². The lowest BCUT2D eigenvalue weighted by Gasteiger charge is -2.31. The summed E-state index contributed by atoms with van der Waals surface area (Å²) in [6, 6.07) is 3.66. The summed E-state index contributed by atoms with van der Waals surface area (Å²) < 4.78 is 0. The van der Waals surface area contributed by atoms with Crippen molar-refractivity contribution in [2.24, 2.45) is 17.4 Å². The Kier molecular flexibility index (Phi) is 4.09. The third-order valence-electron chi connectivity index (χ3n) is 3.46. The first-order valence-electron chi connectivity index (χ1n) is 6.31. The molecule has 0 aliphatic heterocycles. The second-order valence-corrected chi connectivity index (χ2v) is 4.70. The van der Waals surface area contributed by atoms with Gasteiger partial charge in [0.15, 0.2) is 5.69 Å². The average Bonchev–Trinajstić information content (AvgIpc) is 2.40. The number of hydrogen-bond donors (Lipinski definition) is 3. The number of carbonyl (C=O) groups excluding carboxylic acids is 1. The van der Waals surface area contributed by atoms with Gasteiger partial charge < -0.3 is 16.8 Å². The molecule has 1 aliphatic carbocycles. The second kappa shape index (κ2) is 5.77. The molecule has 0 radical (unpaired) electrons. The summed E-state index contributed by atoms with van der Waals surface area (Å²) in [5, 5.41) is 11.1. The van der Waals surface area contributed by atoms with Gasteiger partial charge in [0.05, 0.1) is 0 Å². The van der Waals surface area contributed by atoms with Gasteiger partial charge in [0.2, 0.25) is 0 Å². The van der Waals surface area contributed by atoms with Crippen molar-refractivity contribution in [1.29, 1.82) is 0 Å². The maximum atomic E-state index is 10.9. The largest absolute Gasteiger partial charge is 0.366 e. The van der Waals surface area contributed by atoms with E-state index >= 15 is 0 Å². The normalized spacial score (nSPS) is 23.6. The first-order chi connectivity index (χ1) is 8.70. The van der Waals surface area contributed by atoms with Gasteiger partial charge in [0.25, 0.3) is 5.91 Å². The Balaban J connectivity index is 2.01. The van der Waals surface area contributed by atoms with Gasteiger partial charge in [-0.25, -0.2) is 0 Å². The molecule has 1 saturated carbocycles. The van der Waals surface area contributed by atoms with Crippen molar-refractivity contribution in [3.05, 3.63) is 17.8 Å². The third-order valence-corrected chi connectivity index (χ3v) is 3.46. The van der Waals surface area contributed by atoms with E-state index in [9.17, 15) is 4.79 Å². The van der Waals surface area contributed by atoms with Crippen LogP contribution >= 0.6 is 0 Å². The zero-order chi connectivity index (χ0) is 13.0. The molecule has 1 amide bonds. The van der Waals surface area contributed by atoms with Gasteiger partial charge in [-0.05, 0) is 37.4 Å². The van der Waals surface area contributed by atoms with Crippen LogP contribution in [-0.2, 0) is 0 Å². The zero-order valence-corrected chi connectivity index (χ0v) is 10.3. The highest BCUT2D eigenvalue weighted by atomic mass is 16.1. The first kappa shape index (κ1) is 12.8. The number of hydrogen-bond acceptors (Lipinski definition) is 5. The molecule has 0 spiro atoms. The summed E-state index contributed by atoms with van der Waals surface area (Å²) in [7, 11) is 0. The summed E-state index contributed by atoms with van der Waals surface area (Å²) >= 11 is 0. The molecule has 1 aromatic heterocycles. The lowest BCUT2D eigenvalue weighted by Crippen LogP contribution is -2.37. The van der Waals surface area contributed by atoms with Crippen molar-refractivity contribution < 1.29 is 4.79 Å². The smallest absolute Gasteiger partial charge is 0.269 e. The molecule has 0 saturated heterocycles. The Morgan fingerprint density at radius 3 is 2.72 bits per heavy atom. The summed E-state index contributed by atoms with van der Waals surface area (Å²) in [5.74, 6) is 0.591. The third kappa shape index (κ3) is 2.95. The molecular weight excluding hydrogens is 230 g/mol. The van der Waals surface area contributed by atoms with E-state index in [-0.39, 0.29) is 5.69 Å². The molecule has 0 aromatic carbocycles. The molecule has 1 heterocycles. The number of rotatable bonds is 4. The second-order valence-electron chi connectivity index (χ2n) is 4.70. The van der Waals surface area contributed by atoms with Crippen molar-refractivity contribution in [2.75, 3.05) is 11.9 Å². The van der Waals surface area contributed by atoms with E-state index in [0.29, 0.717) is 24.3 Å². The fourth-order valence-electron chi connectivity index (χ4n) is 2.41. The maximum Gasteiger partial charge on any atom is 0.269 e. The number of nitrogens with two attached hydrogens (primary N) is 2. The Morgan fingerprint density at radius 1 is 1.33 bits per heavy atom. The van der Waals surface area contributed by atoms with Crippen LogP contribution in [0.15, 0.2) is 12.1 Å². The van der Waals surface area contributed by atoms with Gasteiger partial charge in [-0.3, -0.25) is 4.79 Å². The van der Waals surface area contributed by atoms with Crippen LogP contribution in [0.3, 0.4) is 0 Å².